The maximum absolute atomic E-state index is 11.7. The van der Waals surface area contributed by atoms with Crippen LogP contribution in [-0.2, 0) is 9.53 Å². The van der Waals surface area contributed by atoms with Gasteiger partial charge in [0.2, 0.25) is 0 Å². The highest BCUT2D eigenvalue weighted by molar-refractivity contribution is 7.99. The maximum atomic E-state index is 11.7. The quantitative estimate of drug-likeness (QED) is 0.657. The van der Waals surface area contributed by atoms with Gasteiger partial charge in [0.1, 0.15) is 0 Å². The van der Waals surface area contributed by atoms with Crippen molar-refractivity contribution in [2.24, 2.45) is 5.92 Å². The average Bonchev–Trinajstić information content (AvgIpc) is 2.47. The number of carbonyl (C=O) groups excluding carboxylic acids is 1. The first-order chi connectivity index (χ1) is 10.0. The predicted octanol–water partition coefficient (Wildman–Crippen LogP) is 3.92. The highest BCUT2D eigenvalue weighted by atomic mass is 35.5. The number of rotatable bonds is 5. The van der Waals surface area contributed by atoms with Gasteiger partial charge in [-0.3, -0.25) is 4.79 Å². The summed E-state index contributed by atoms with van der Waals surface area (Å²) in [5.74, 6) is 0.417. The zero-order chi connectivity index (χ0) is 15.3. The second kappa shape index (κ2) is 7.52. The van der Waals surface area contributed by atoms with E-state index in [0.717, 1.165) is 4.90 Å². The summed E-state index contributed by atoms with van der Waals surface area (Å²) in [4.78, 5) is 12.7. The molecular weight excluding hydrogens is 308 g/mol. The minimum atomic E-state index is -0.715. The van der Waals surface area contributed by atoms with Gasteiger partial charge in [-0.15, -0.1) is 11.8 Å². The monoisotopic (exact) mass is 328 g/mol. The fraction of sp³-hybridized carbons (Fsp3) is 0.562. The Hall–Kier alpha value is -0.710. The highest BCUT2D eigenvalue weighted by Crippen LogP contribution is 2.38. The number of aliphatic hydroxyl groups is 1. The van der Waals surface area contributed by atoms with Gasteiger partial charge in [-0.1, -0.05) is 23.7 Å². The molecule has 0 unspecified atom stereocenters. The fourth-order valence-electron chi connectivity index (χ4n) is 2.57. The van der Waals surface area contributed by atoms with Crippen LogP contribution in [0.25, 0.3) is 0 Å². The summed E-state index contributed by atoms with van der Waals surface area (Å²) in [7, 11) is 0. The molecule has 5 heteroatoms. The smallest absolute Gasteiger partial charge is 0.308 e. The van der Waals surface area contributed by atoms with Gasteiger partial charge in [0.05, 0.1) is 23.1 Å². The van der Waals surface area contributed by atoms with Gasteiger partial charge in [0.15, 0.2) is 0 Å². The van der Waals surface area contributed by atoms with Crippen LogP contribution in [-0.4, -0.2) is 29.0 Å². The zero-order valence-electron chi connectivity index (χ0n) is 12.2. The minimum Gasteiger partial charge on any atom is -0.466 e. The standard InChI is InChI=1S/C16H21ClO3S/c1-2-20-15(18)12-7-9-16(19,10-8-12)11-21-14-6-4-3-5-13(14)17/h3-6,12,19H,2,7-11H2,1H3. The second-order valence-corrected chi connectivity index (χ2v) is 6.89. The average molecular weight is 329 g/mol. The Morgan fingerprint density at radius 1 is 1.43 bits per heavy atom. The summed E-state index contributed by atoms with van der Waals surface area (Å²) >= 11 is 7.70. The van der Waals surface area contributed by atoms with Gasteiger partial charge in [-0.05, 0) is 44.7 Å². The largest absolute Gasteiger partial charge is 0.466 e. The number of halogens is 1. The van der Waals surface area contributed by atoms with Crippen LogP contribution in [0.15, 0.2) is 29.2 Å². The lowest BCUT2D eigenvalue weighted by molar-refractivity contribution is -0.150. The molecule has 1 aliphatic rings. The van der Waals surface area contributed by atoms with Crippen molar-refractivity contribution in [3.8, 4) is 0 Å². The lowest BCUT2D eigenvalue weighted by atomic mass is 9.80. The van der Waals surface area contributed by atoms with E-state index in [-0.39, 0.29) is 11.9 Å². The molecule has 1 fully saturated rings. The molecule has 0 bridgehead atoms. The number of ether oxygens (including phenoxy) is 1. The predicted molar refractivity (Wildman–Crippen MR) is 85.7 cm³/mol. The molecule has 0 aromatic heterocycles. The van der Waals surface area contributed by atoms with E-state index in [1.165, 1.54) is 0 Å². The van der Waals surface area contributed by atoms with Crippen LogP contribution < -0.4 is 0 Å². The molecule has 116 valence electrons. The first-order valence-electron chi connectivity index (χ1n) is 7.30. The molecule has 0 radical (unpaired) electrons. The van der Waals surface area contributed by atoms with Crippen molar-refractivity contribution in [1.82, 2.24) is 0 Å². The number of thioether (sulfide) groups is 1. The lowest BCUT2D eigenvalue weighted by Gasteiger charge is -2.35. The molecule has 0 atom stereocenters. The van der Waals surface area contributed by atoms with E-state index in [9.17, 15) is 9.90 Å². The molecule has 1 aromatic carbocycles. The van der Waals surface area contributed by atoms with Crippen LogP contribution in [0.1, 0.15) is 32.6 Å². The summed E-state index contributed by atoms with van der Waals surface area (Å²) in [5.41, 5.74) is -0.715. The Morgan fingerprint density at radius 3 is 2.71 bits per heavy atom. The van der Waals surface area contributed by atoms with Crippen LogP contribution in [0.5, 0.6) is 0 Å². The molecule has 0 aliphatic heterocycles. The van der Waals surface area contributed by atoms with E-state index < -0.39 is 5.60 Å². The van der Waals surface area contributed by atoms with Gasteiger partial charge in [-0.25, -0.2) is 0 Å². The molecule has 0 heterocycles. The molecule has 1 saturated carbocycles. The van der Waals surface area contributed by atoms with Crippen molar-refractivity contribution >= 4 is 29.3 Å². The third kappa shape index (κ3) is 4.63. The first-order valence-corrected chi connectivity index (χ1v) is 8.67. The molecule has 0 saturated heterocycles. The second-order valence-electron chi connectivity index (χ2n) is 5.47. The van der Waals surface area contributed by atoms with Crippen LogP contribution in [0.4, 0.5) is 0 Å². The van der Waals surface area contributed by atoms with E-state index >= 15 is 0 Å². The molecule has 1 N–H and O–H groups in total. The first kappa shape index (κ1) is 16.7. The Morgan fingerprint density at radius 2 is 2.10 bits per heavy atom. The SMILES string of the molecule is CCOC(=O)C1CCC(O)(CSc2ccccc2Cl)CC1. The van der Waals surface area contributed by atoms with Crippen LogP contribution in [0.2, 0.25) is 5.02 Å². The van der Waals surface area contributed by atoms with Crippen LogP contribution >= 0.6 is 23.4 Å². The number of carbonyl (C=O) groups is 1. The Balaban J connectivity index is 1.85. The summed E-state index contributed by atoms with van der Waals surface area (Å²) < 4.78 is 5.05. The van der Waals surface area contributed by atoms with E-state index in [1.807, 2.05) is 31.2 Å². The number of hydrogen-bond donors (Lipinski definition) is 1. The Bertz CT molecular complexity index is 484. The van der Waals surface area contributed by atoms with Crippen molar-refractivity contribution in [3.63, 3.8) is 0 Å². The van der Waals surface area contributed by atoms with E-state index in [4.69, 9.17) is 16.3 Å². The van der Waals surface area contributed by atoms with Crippen LogP contribution in [0.3, 0.4) is 0 Å². The summed E-state index contributed by atoms with van der Waals surface area (Å²) in [6.07, 6.45) is 2.65. The summed E-state index contributed by atoms with van der Waals surface area (Å²) in [6, 6.07) is 7.65. The van der Waals surface area contributed by atoms with Crippen molar-refractivity contribution < 1.29 is 14.6 Å². The van der Waals surface area contributed by atoms with E-state index in [0.29, 0.717) is 43.1 Å². The number of esters is 1. The molecule has 3 nitrogen and oxygen atoms in total. The number of hydrogen-bond acceptors (Lipinski definition) is 4. The Kier molecular flexibility index (Phi) is 5.97. The van der Waals surface area contributed by atoms with Crippen molar-refractivity contribution in [2.45, 2.75) is 43.1 Å². The van der Waals surface area contributed by atoms with Gasteiger partial charge in [0.25, 0.3) is 0 Å². The van der Waals surface area contributed by atoms with Crippen molar-refractivity contribution in [1.29, 1.82) is 0 Å². The molecule has 1 aromatic rings. The molecule has 21 heavy (non-hydrogen) atoms. The Labute approximate surface area is 135 Å². The molecule has 0 amide bonds. The zero-order valence-corrected chi connectivity index (χ0v) is 13.8. The molecule has 2 rings (SSSR count). The third-order valence-corrected chi connectivity index (χ3v) is 5.66. The third-order valence-electron chi connectivity index (χ3n) is 3.87. The molecular formula is C16H21ClO3S. The normalized spacial score (nSPS) is 25.6. The summed E-state index contributed by atoms with van der Waals surface area (Å²) in [6.45, 7) is 2.24. The van der Waals surface area contributed by atoms with Gasteiger partial charge in [0, 0.05) is 10.6 Å². The van der Waals surface area contributed by atoms with Gasteiger partial charge in [-0.2, -0.15) is 0 Å². The minimum absolute atomic E-state index is 0.0597. The van der Waals surface area contributed by atoms with Crippen molar-refractivity contribution in [2.75, 3.05) is 12.4 Å². The van der Waals surface area contributed by atoms with Gasteiger partial charge >= 0.3 is 5.97 Å². The molecule has 0 spiro atoms. The summed E-state index contributed by atoms with van der Waals surface area (Å²) in [5, 5.41) is 11.4. The van der Waals surface area contributed by atoms with Crippen LogP contribution in [0, 0.1) is 5.92 Å². The van der Waals surface area contributed by atoms with Crippen molar-refractivity contribution in [3.05, 3.63) is 29.3 Å². The van der Waals surface area contributed by atoms with E-state index in [1.54, 1.807) is 11.8 Å². The van der Waals surface area contributed by atoms with E-state index in [2.05, 4.69) is 0 Å². The molecule has 1 aliphatic carbocycles. The number of benzene rings is 1. The highest BCUT2D eigenvalue weighted by Gasteiger charge is 2.36. The fourth-order valence-corrected chi connectivity index (χ4v) is 3.96. The van der Waals surface area contributed by atoms with Gasteiger partial charge < -0.3 is 9.84 Å². The maximum Gasteiger partial charge on any atom is 0.308 e. The topological polar surface area (TPSA) is 46.5 Å². The lowest BCUT2D eigenvalue weighted by Crippen LogP contribution is -2.38.